The Morgan fingerprint density at radius 3 is 2.77 bits per heavy atom. The van der Waals surface area contributed by atoms with Gasteiger partial charge in [-0.15, -0.1) is 10.2 Å². The Kier molecular flexibility index (Phi) is 1.63. The molecule has 5 nitrogen and oxygen atoms in total. The summed E-state index contributed by atoms with van der Waals surface area (Å²) in [6.07, 6.45) is 1.15. The van der Waals surface area contributed by atoms with Gasteiger partial charge in [0, 0.05) is 0 Å². The second-order valence-electron chi connectivity index (χ2n) is 2.42. The summed E-state index contributed by atoms with van der Waals surface area (Å²) in [7, 11) is 0. The molecule has 0 aliphatic heterocycles. The maximum atomic E-state index is 9.39. The van der Waals surface area contributed by atoms with E-state index in [1.165, 1.54) is 6.07 Å². The molecular weight excluding hydrogens is 172 g/mol. The zero-order valence-corrected chi connectivity index (χ0v) is 6.51. The van der Waals surface area contributed by atoms with Gasteiger partial charge in [0.1, 0.15) is 0 Å². The SMILES string of the molecule is Oc1cccc(-c2nnco2)c1O. The van der Waals surface area contributed by atoms with Gasteiger partial charge in [-0.1, -0.05) is 6.07 Å². The van der Waals surface area contributed by atoms with Crippen LogP contribution < -0.4 is 0 Å². The third-order valence-electron chi connectivity index (χ3n) is 1.61. The van der Waals surface area contributed by atoms with Crippen LogP contribution in [0, 0.1) is 0 Å². The molecule has 0 spiro atoms. The largest absolute Gasteiger partial charge is 0.504 e. The van der Waals surface area contributed by atoms with Crippen molar-refractivity contribution in [3.8, 4) is 23.0 Å². The summed E-state index contributed by atoms with van der Waals surface area (Å²) in [4.78, 5) is 0. The molecule has 2 rings (SSSR count). The number of aromatic hydroxyl groups is 2. The van der Waals surface area contributed by atoms with Gasteiger partial charge >= 0.3 is 0 Å². The van der Waals surface area contributed by atoms with E-state index in [1.54, 1.807) is 12.1 Å². The summed E-state index contributed by atoms with van der Waals surface area (Å²) >= 11 is 0. The molecule has 1 aromatic carbocycles. The van der Waals surface area contributed by atoms with E-state index in [9.17, 15) is 5.11 Å². The summed E-state index contributed by atoms with van der Waals surface area (Å²) in [5.74, 6) is -0.296. The monoisotopic (exact) mass is 178 g/mol. The number of rotatable bonds is 1. The van der Waals surface area contributed by atoms with Crippen molar-refractivity contribution in [2.24, 2.45) is 0 Å². The Balaban J connectivity index is 2.59. The number of hydrogen-bond donors (Lipinski definition) is 2. The summed E-state index contributed by atoms with van der Waals surface area (Å²) < 4.78 is 4.86. The van der Waals surface area contributed by atoms with Crippen molar-refractivity contribution in [2.75, 3.05) is 0 Å². The van der Waals surface area contributed by atoms with Crippen molar-refractivity contribution < 1.29 is 14.6 Å². The van der Waals surface area contributed by atoms with Crippen LogP contribution in [0.15, 0.2) is 29.0 Å². The Labute approximate surface area is 73.3 Å². The first-order valence-electron chi connectivity index (χ1n) is 3.56. The molecule has 1 aromatic heterocycles. The lowest BCUT2D eigenvalue weighted by Crippen LogP contribution is -1.79. The summed E-state index contributed by atoms with van der Waals surface area (Å²) in [6, 6.07) is 4.52. The fraction of sp³-hybridized carbons (Fsp3) is 0. The van der Waals surface area contributed by atoms with Gasteiger partial charge in [-0.3, -0.25) is 0 Å². The number of para-hydroxylation sites is 1. The van der Waals surface area contributed by atoms with Crippen molar-refractivity contribution >= 4 is 0 Å². The predicted octanol–water partition coefficient (Wildman–Crippen LogP) is 1.15. The normalized spacial score (nSPS) is 10.2. The molecule has 66 valence electrons. The van der Waals surface area contributed by atoms with Crippen molar-refractivity contribution in [1.29, 1.82) is 0 Å². The average molecular weight is 178 g/mol. The predicted molar refractivity (Wildman–Crippen MR) is 43.1 cm³/mol. The lowest BCUT2D eigenvalue weighted by atomic mass is 10.2. The van der Waals surface area contributed by atoms with Gasteiger partial charge in [-0.25, -0.2) is 0 Å². The Hall–Kier alpha value is -2.04. The minimum absolute atomic E-state index is 0.174. The van der Waals surface area contributed by atoms with Crippen LogP contribution in [0.25, 0.3) is 11.5 Å². The number of hydrogen-bond acceptors (Lipinski definition) is 5. The highest BCUT2D eigenvalue weighted by Gasteiger charge is 2.11. The Bertz CT molecular complexity index is 411. The molecular formula is C8H6N2O3. The second kappa shape index (κ2) is 2.78. The Morgan fingerprint density at radius 1 is 1.23 bits per heavy atom. The van der Waals surface area contributed by atoms with E-state index in [4.69, 9.17) is 9.52 Å². The number of aromatic nitrogens is 2. The maximum absolute atomic E-state index is 9.39. The van der Waals surface area contributed by atoms with Crippen LogP contribution in [0.2, 0.25) is 0 Å². The van der Waals surface area contributed by atoms with E-state index >= 15 is 0 Å². The summed E-state index contributed by atoms with van der Waals surface area (Å²) in [5, 5.41) is 25.6. The molecule has 0 radical (unpaired) electrons. The van der Waals surface area contributed by atoms with Crippen molar-refractivity contribution in [2.45, 2.75) is 0 Å². The third kappa shape index (κ3) is 1.20. The molecule has 0 saturated carbocycles. The molecule has 0 atom stereocenters. The van der Waals surface area contributed by atoms with E-state index in [-0.39, 0.29) is 17.4 Å². The van der Waals surface area contributed by atoms with Crippen LogP contribution in [0.5, 0.6) is 11.5 Å². The minimum Gasteiger partial charge on any atom is -0.504 e. The maximum Gasteiger partial charge on any atom is 0.251 e. The number of phenolic OH excluding ortho intramolecular Hbond substituents is 2. The van der Waals surface area contributed by atoms with Crippen LogP contribution in [-0.2, 0) is 0 Å². The van der Waals surface area contributed by atoms with E-state index in [2.05, 4.69) is 10.2 Å². The zero-order valence-electron chi connectivity index (χ0n) is 6.51. The van der Waals surface area contributed by atoms with E-state index < -0.39 is 0 Å². The fourth-order valence-corrected chi connectivity index (χ4v) is 0.994. The van der Waals surface area contributed by atoms with Gasteiger partial charge in [0.05, 0.1) is 5.56 Å². The van der Waals surface area contributed by atoms with E-state index in [1.807, 2.05) is 0 Å². The van der Waals surface area contributed by atoms with Gasteiger partial charge < -0.3 is 14.6 Å². The van der Waals surface area contributed by atoms with Crippen LogP contribution in [0.4, 0.5) is 0 Å². The van der Waals surface area contributed by atoms with Crippen molar-refractivity contribution in [3.05, 3.63) is 24.6 Å². The molecule has 5 heteroatoms. The first kappa shape index (κ1) is 7.60. The third-order valence-corrected chi connectivity index (χ3v) is 1.61. The summed E-state index contributed by atoms with van der Waals surface area (Å²) in [6.45, 7) is 0. The molecule has 0 amide bonds. The molecule has 1 heterocycles. The average Bonchev–Trinajstić information content (AvgIpc) is 2.62. The first-order valence-corrected chi connectivity index (χ1v) is 3.56. The molecule has 13 heavy (non-hydrogen) atoms. The first-order chi connectivity index (χ1) is 6.29. The molecule has 2 aromatic rings. The van der Waals surface area contributed by atoms with Gasteiger partial charge in [0.25, 0.3) is 5.89 Å². The molecule has 0 aliphatic carbocycles. The highest BCUT2D eigenvalue weighted by molar-refractivity contribution is 5.66. The molecule has 2 N–H and O–H groups in total. The smallest absolute Gasteiger partial charge is 0.251 e. The molecule has 0 unspecified atom stereocenters. The van der Waals surface area contributed by atoms with E-state index in [0.29, 0.717) is 5.56 Å². The summed E-state index contributed by atoms with van der Waals surface area (Å²) in [5.41, 5.74) is 0.317. The lowest BCUT2D eigenvalue weighted by molar-refractivity contribution is 0.403. The van der Waals surface area contributed by atoms with Crippen LogP contribution in [0.1, 0.15) is 0 Å². The van der Waals surface area contributed by atoms with E-state index in [0.717, 1.165) is 6.39 Å². The zero-order chi connectivity index (χ0) is 9.26. The van der Waals surface area contributed by atoms with Crippen LogP contribution >= 0.6 is 0 Å². The van der Waals surface area contributed by atoms with Gasteiger partial charge in [0.2, 0.25) is 6.39 Å². The quantitative estimate of drug-likeness (QED) is 0.640. The molecule has 0 aliphatic rings. The Morgan fingerprint density at radius 2 is 2.08 bits per heavy atom. The van der Waals surface area contributed by atoms with Gasteiger partial charge in [-0.2, -0.15) is 0 Å². The van der Waals surface area contributed by atoms with Crippen molar-refractivity contribution in [3.63, 3.8) is 0 Å². The minimum atomic E-state index is -0.258. The van der Waals surface area contributed by atoms with Gasteiger partial charge in [0.15, 0.2) is 11.5 Å². The molecule has 0 bridgehead atoms. The second-order valence-corrected chi connectivity index (χ2v) is 2.42. The standard InChI is InChI=1S/C8H6N2O3/c11-6-3-1-2-5(7(6)12)8-10-9-4-13-8/h1-4,11-12H. The van der Waals surface area contributed by atoms with Gasteiger partial charge in [-0.05, 0) is 12.1 Å². The number of phenols is 2. The molecule has 0 saturated heterocycles. The number of benzene rings is 1. The highest BCUT2D eigenvalue weighted by atomic mass is 16.4. The highest BCUT2D eigenvalue weighted by Crippen LogP contribution is 2.34. The van der Waals surface area contributed by atoms with Crippen LogP contribution in [0.3, 0.4) is 0 Å². The topological polar surface area (TPSA) is 79.4 Å². The van der Waals surface area contributed by atoms with Crippen molar-refractivity contribution in [1.82, 2.24) is 10.2 Å². The fourth-order valence-electron chi connectivity index (χ4n) is 0.994. The van der Waals surface area contributed by atoms with Crippen LogP contribution in [-0.4, -0.2) is 20.4 Å². The lowest BCUT2D eigenvalue weighted by Gasteiger charge is -2.00. The number of nitrogens with zero attached hydrogens (tertiary/aromatic N) is 2. The molecule has 0 fully saturated rings.